The van der Waals surface area contributed by atoms with E-state index in [9.17, 15) is 32.3 Å². The van der Waals surface area contributed by atoms with Crippen LogP contribution in [0.15, 0.2) is 71.2 Å². The number of sulfonamides is 1. The van der Waals surface area contributed by atoms with E-state index in [1.165, 1.54) is 31.3 Å². The molecule has 0 spiro atoms. The number of esters is 1. The number of aliphatic hydroxyl groups is 1. The molecule has 1 amide bonds. The summed E-state index contributed by atoms with van der Waals surface area (Å²) in [5.41, 5.74) is 3.76. The molecule has 0 atom stereocenters. The number of benzene rings is 3. The summed E-state index contributed by atoms with van der Waals surface area (Å²) in [6.45, 7) is 3.94. The second-order valence-electron chi connectivity index (χ2n) is 13.1. The molecule has 0 bridgehead atoms. The Balaban J connectivity index is 0.971. The Morgan fingerprint density at radius 1 is 0.912 bits per heavy atom. The molecule has 0 saturated heterocycles. The SMILES string of the molecule is CCOC(=O)C(=O)/C=C(\O)c1cccc(COCCOCCOCCOCCNS(=O)(=O)Cc2cc3oc(-c4ccc(F)cc4)c(C(=O)NC)c3cc2C2CC2)c1. The Labute approximate surface area is 330 Å². The van der Waals surface area contributed by atoms with Gasteiger partial charge >= 0.3 is 5.97 Å². The van der Waals surface area contributed by atoms with E-state index in [0.717, 1.165) is 30.0 Å². The monoisotopic (exact) mass is 810 g/mol. The fourth-order valence-corrected chi connectivity index (χ4v) is 7.08. The molecule has 306 valence electrons. The first kappa shape index (κ1) is 43.2. The zero-order valence-electron chi connectivity index (χ0n) is 31.8. The van der Waals surface area contributed by atoms with Crippen molar-refractivity contribution in [2.45, 2.75) is 38.0 Å². The van der Waals surface area contributed by atoms with Gasteiger partial charge in [-0.2, -0.15) is 0 Å². The third kappa shape index (κ3) is 12.8. The molecule has 14 nitrogen and oxygen atoms in total. The van der Waals surface area contributed by atoms with Gasteiger partial charge in [-0.05, 0) is 84.8 Å². The van der Waals surface area contributed by atoms with E-state index in [2.05, 4.69) is 14.8 Å². The molecule has 1 heterocycles. The third-order valence-corrected chi connectivity index (χ3v) is 10.1. The third-order valence-electron chi connectivity index (χ3n) is 8.79. The number of fused-ring (bicyclic) bond motifs is 1. The number of hydrogen-bond acceptors (Lipinski definition) is 12. The molecule has 1 aliphatic rings. The van der Waals surface area contributed by atoms with Gasteiger partial charge < -0.3 is 38.5 Å². The van der Waals surface area contributed by atoms with Crippen LogP contribution in [0.5, 0.6) is 0 Å². The Morgan fingerprint density at radius 2 is 1.58 bits per heavy atom. The number of halogens is 1. The van der Waals surface area contributed by atoms with Gasteiger partial charge in [0.15, 0.2) is 0 Å². The van der Waals surface area contributed by atoms with Gasteiger partial charge in [-0.1, -0.05) is 18.2 Å². The molecular formula is C41H47FN2O12S. The van der Waals surface area contributed by atoms with Crippen LogP contribution in [0.3, 0.4) is 0 Å². The summed E-state index contributed by atoms with van der Waals surface area (Å²) < 4.78 is 75.3. The molecule has 1 fully saturated rings. The van der Waals surface area contributed by atoms with Gasteiger partial charge in [0.05, 0.1) is 70.8 Å². The molecule has 1 saturated carbocycles. The van der Waals surface area contributed by atoms with Crippen LogP contribution >= 0.6 is 0 Å². The van der Waals surface area contributed by atoms with E-state index in [0.29, 0.717) is 66.3 Å². The van der Waals surface area contributed by atoms with E-state index >= 15 is 0 Å². The van der Waals surface area contributed by atoms with Gasteiger partial charge in [0.2, 0.25) is 10.0 Å². The smallest absolute Gasteiger partial charge is 0.379 e. The van der Waals surface area contributed by atoms with Gasteiger partial charge in [0.25, 0.3) is 11.7 Å². The molecule has 57 heavy (non-hydrogen) atoms. The number of hydrogen-bond donors (Lipinski definition) is 3. The highest BCUT2D eigenvalue weighted by Crippen LogP contribution is 2.45. The van der Waals surface area contributed by atoms with Crippen molar-refractivity contribution in [1.29, 1.82) is 0 Å². The normalized spacial score (nSPS) is 13.2. The average Bonchev–Trinajstić information content (AvgIpc) is 3.98. The zero-order valence-corrected chi connectivity index (χ0v) is 32.7. The summed E-state index contributed by atoms with van der Waals surface area (Å²) in [5.74, 6) is -2.93. The van der Waals surface area contributed by atoms with Crippen molar-refractivity contribution < 1.29 is 60.4 Å². The number of rotatable bonds is 24. The minimum atomic E-state index is -3.75. The lowest BCUT2D eigenvalue weighted by atomic mass is 9.98. The van der Waals surface area contributed by atoms with Crippen molar-refractivity contribution in [2.24, 2.45) is 0 Å². The number of ketones is 1. The number of carbonyl (C=O) groups is 3. The highest BCUT2D eigenvalue weighted by Gasteiger charge is 2.31. The Morgan fingerprint density at radius 3 is 2.23 bits per heavy atom. The van der Waals surface area contributed by atoms with Crippen molar-refractivity contribution in [1.82, 2.24) is 10.0 Å². The van der Waals surface area contributed by atoms with Crippen molar-refractivity contribution in [2.75, 3.05) is 66.4 Å². The van der Waals surface area contributed by atoms with Crippen molar-refractivity contribution >= 4 is 44.4 Å². The molecule has 16 heteroatoms. The van der Waals surface area contributed by atoms with Gasteiger partial charge in [-0.25, -0.2) is 22.3 Å². The van der Waals surface area contributed by atoms with E-state index in [-0.39, 0.29) is 62.1 Å². The van der Waals surface area contributed by atoms with Crippen LogP contribution in [0.1, 0.15) is 58.3 Å². The maximum Gasteiger partial charge on any atom is 0.379 e. The Bertz CT molecular complexity index is 2150. The highest BCUT2D eigenvalue weighted by molar-refractivity contribution is 7.88. The lowest BCUT2D eigenvalue weighted by Crippen LogP contribution is -2.29. The van der Waals surface area contributed by atoms with E-state index in [4.69, 9.17) is 23.4 Å². The van der Waals surface area contributed by atoms with E-state index < -0.39 is 27.6 Å². The number of furan rings is 1. The second-order valence-corrected chi connectivity index (χ2v) is 14.9. The minimum Gasteiger partial charge on any atom is -0.507 e. The van der Waals surface area contributed by atoms with Crippen LogP contribution in [0.25, 0.3) is 28.1 Å². The summed E-state index contributed by atoms with van der Waals surface area (Å²) in [6.07, 6.45) is 2.65. The largest absolute Gasteiger partial charge is 0.507 e. The molecule has 1 aromatic heterocycles. The van der Waals surface area contributed by atoms with Gasteiger partial charge in [0.1, 0.15) is 22.9 Å². The lowest BCUT2D eigenvalue weighted by Gasteiger charge is -2.12. The van der Waals surface area contributed by atoms with Crippen LogP contribution in [-0.4, -0.2) is 97.6 Å². The van der Waals surface area contributed by atoms with Crippen molar-refractivity contribution in [3.8, 4) is 11.3 Å². The fourth-order valence-electron chi connectivity index (χ4n) is 5.92. The lowest BCUT2D eigenvalue weighted by molar-refractivity contribution is -0.151. The summed E-state index contributed by atoms with van der Waals surface area (Å²) >= 11 is 0. The summed E-state index contributed by atoms with van der Waals surface area (Å²) in [5, 5.41) is 13.4. The average molecular weight is 811 g/mol. The Kier molecular flexibility index (Phi) is 15.9. The summed E-state index contributed by atoms with van der Waals surface area (Å²) in [4.78, 5) is 36.3. The van der Waals surface area contributed by atoms with Gasteiger partial charge in [-0.15, -0.1) is 0 Å². The second kappa shape index (κ2) is 21.0. The van der Waals surface area contributed by atoms with Crippen LogP contribution in [0.2, 0.25) is 0 Å². The molecule has 3 N–H and O–H groups in total. The molecule has 4 aromatic rings. The molecule has 0 unspecified atom stereocenters. The molecule has 0 radical (unpaired) electrons. The molecule has 3 aromatic carbocycles. The van der Waals surface area contributed by atoms with E-state index in [1.807, 2.05) is 6.07 Å². The number of nitrogens with one attached hydrogen (secondary N) is 2. The summed E-state index contributed by atoms with van der Waals surface area (Å²) in [7, 11) is -2.23. The van der Waals surface area contributed by atoms with Crippen molar-refractivity contribution in [3.63, 3.8) is 0 Å². The van der Waals surface area contributed by atoms with Crippen molar-refractivity contribution in [3.05, 3.63) is 100 Å². The maximum atomic E-state index is 13.6. The zero-order chi connectivity index (χ0) is 40.8. The number of aliphatic hydroxyl groups excluding tert-OH is 1. The van der Waals surface area contributed by atoms with Crippen LogP contribution in [0.4, 0.5) is 4.39 Å². The summed E-state index contributed by atoms with van der Waals surface area (Å²) in [6, 6.07) is 15.9. The van der Waals surface area contributed by atoms with Crippen LogP contribution in [-0.2, 0) is 55.7 Å². The Hall–Kier alpha value is -4.97. The van der Waals surface area contributed by atoms with Crippen LogP contribution in [0, 0.1) is 5.82 Å². The quantitative estimate of drug-likeness (QED) is 0.0277. The first-order valence-electron chi connectivity index (χ1n) is 18.6. The molecule has 5 rings (SSSR count). The van der Waals surface area contributed by atoms with Gasteiger partial charge in [0, 0.05) is 36.2 Å². The number of ether oxygens (including phenoxy) is 5. The number of carbonyl (C=O) groups excluding carboxylic acids is 3. The first-order valence-corrected chi connectivity index (χ1v) is 20.2. The van der Waals surface area contributed by atoms with Gasteiger partial charge in [-0.3, -0.25) is 9.59 Å². The predicted octanol–water partition coefficient (Wildman–Crippen LogP) is 5.19. The standard InChI is InChI=1S/C41H47FN2O12S/c1-3-55-41(48)36(46)24-35(45)30-6-4-5-27(21-30)25-54-20-19-53-18-17-52-16-15-51-14-13-44-57(49,50)26-31-22-37-34(23-33(31)28-7-8-28)38(40(47)43-2)39(56-37)29-9-11-32(42)12-10-29/h4-6,9-12,21-24,28,44-45H,3,7-8,13-20,25-26H2,1-2H3,(H,43,47)/b35-24-. The predicted molar refractivity (Wildman–Crippen MR) is 208 cm³/mol. The topological polar surface area (TPSA) is 189 Å². The number of amides is 1. The minimum absolute atomic E-state index is 0.0572. The molecular weight excluding hydrogens is 764 g/mol. The molecule has 0 aliphatic heterocycles. The molecule has 1 aliphatic carbocycles. The van der Waals surface area contributed by atoms with Crippen LogP contribution < -0.4 is 10.0 Å². The highest BCUT2D eigenvalue weighted by atomic mass is 32.2. The first-order chi connectivity index (χ1) is 27.5. The fraction of sp³-hybridized carbons (Fsp3) is 0.390. The van der Waals surface area contributed by atoms with E-state index in [1.54, 1.807) is 37.3 Å². The maximum absolute atomic E-state index is 13.6.